The van der Waals surface area contributed by atoms with Gasteiger partial charge in [0.1, 0.15) is 11.5 Å². The number of anilines is 2. The van der Waals surface area contributed by atoms with E-state index in [-0.39, 0.29) is 11.6 Å². The molecular formula is C16H15Cl2N5O2. The van der Waals surface area contributed by atoms with Gasteiger partial charge in [-0.3, -0.25) is 9.59 Å². The Morgan fingerprint density at radius 3 is 2.32 bits per heavy atom. The molecule has 0 bridgehead atoms. The minimum Gasteiger partial charge on any atom is -0.342 e. The molecule has 1 fully saturated rings. The lowest BCUT2D eigenvalue weighted by atomic mass is 10.3. The van der Waals surface area contributed by atoms with E-state index in [1.165, 1.54) is 12.4 Å². The summed E-state index contributed by atoms with van der Waals surface area (Å²) in [5.74, 6) is 0.220. The molecule has 1 aliphatic rings. The average Bonchev–Trinajstić information content (AvgIpc) is 2.65. The molecule has 1 aromatic heterocycles. The van der Waals surface area contributed by atoms with Crippen LogP contribution in [0.5, 0.6) is 0 Å². The van der Waals surface area contributed by atoms with Gasteiger partial charge in [-0.25, -0.2) is 9.97 Å². The topological polar surface area (TPSA) is 78.4 Å². The van der Waals surface area contributed by atoms with Gasteiger partial charge in [-0.1, -0.05) is 29.3 Å². The molecule has 1 aromatic carbocycles. The Hall–Kier alpha value is -2.38. The summed E-state index contributed by atoms with van der Waals surface area (Å²) >= 11 is 12.2. The van der Waals surface area contributed by atoms with Crippen LogP contribution in [0.25, 0.3) is 0 Å². The summed E-state index contributed by atoms with van der Waals surface area (Å²) in [6.07, 6.45) is 3.65. The lowest BCUT2D eigenvalue weighted by Crippen LogP contribution is -2.48. The molecule has 9 heteroatoms. The van der Waals surface area contributed by atoms with Gasteiger partial charge in [0.25, 0.3) is 5.91 Å². The van der Waals surface area contributed by atoms with E-state index in [1.54, 1.807) is 28.0 Å². The number of hydrogen-bond donors (Lipinski definition) is 1. The molecule has 7 nitrogen and oxygen atoms in total. The molecule has 2 aromatic rings. The first kappa shape index (κ1) is 17.4. The van der Waals surface area contributed by atoms with Gasteiger partial charge in [-0.15, -0.1) is 0 Å². The van der Waals surface area contributed by atoms with Crippen LogP contribution in [-0.2, 0) is 4.79 Å². The molecule has 0 radical (unpaired) electrons. The first-order valence-corrected chi connectivity index (χ1v) is 8.36. The van der Waals surface area contributed by atoms with Crippen LogP contribution in [-0.4, -0.2) is 58.3 Å². The standard InChI is InChI=1S/C16H15Cl2N5O2/c17-11-2-1-3-12(18)15(11)21-14-9-19-13(8-20-14)16(25)23-6-4-22(10-24)5-7-23/h1-3,8-10H,4-7H2,(H,20,21). The van der Waals surface area contributed by atoms with E-state index < -0.39 is 0 Å². The highest BCUT2D eigenvalue weighted by Crippen LogP contribution is 2.31. The van der Waals surface area contributed by atoms with Crippen molar-refractivity contribution in [2.24, 2.45) is 0 Å². The molecule has 0 saturated carbocycles. The maximum Gasteiger partial charge on any atom is 0.274 e. The number of benzene rings is 1. The lowest BCUT2D eigenvalue weighted by molar-refractivity contribution is -0.119. The van der Waals surface area contributed by atoms with Crippen LogP contribution in [0.4, 0.5) is 11.5 Å². The Kier molecular flexibility index (Phi) is 5.35. The summed E-state index contributed by atoms with van der Waals surface area (Å²) in [4.78, 5) is 34.8. The zero-order valence-corrected chi connectivity index (χ0v) is 14.7. The molecule has 1 saturated heterocycles. The number of para-hydroxylation sites is 1. The fraction of sp³-hybridized carbons (Fsp3) is 0.250. The molecule has 3 rings (SSSR count). The van der Waals surface area contributed by atoms with E-state index in [1.807, 2.05) is 0 Å². The predicted molar refractivity (Wildman–Crippen MR) is 95.3 cm³/mol. The number of nitrogens with zero attached hydrogens (tertiary/aromatic N) is 4. The predicted octanol–water partition coefficient (Wildman–Crippen LogP) is 2.44. The molecule has 0 aliphatic carbocycles. The second-order valence-corrected chi connectivity index (χ2v) is 6.26. The molecule has 130 valence electrons. The van der Waals surface area contributed by atoms with E-state index >= 15 is 0 Å². The normalized spacial score (nSPS) is 14.3. The van der Waals surface area contributed by atoms with Crippen molar-refractivity contribution >= 4 is 47.0 Å². The quantitative estimate of drug-likeness (QED) is 0.825. The fourth-order valence-corrected chi connectivity index (χ4v) is 2.93. The fourth-order valence-electron chi connectivity index (χ4n) is 2.44. The Bertz CT molecular complexity index is 756. The maximum atomic E-state index is 12.4. The number of hydrogen-bond acceptors (Lipinski definition) is 5. The number of carbonyl (C=O) groups is 2. The van der Waals surface area contributed by atoms with Crippen LogP contribution in [0.3, 0.4) is 0 Å². The molecule has 25 heavy (non-hydrogen) atoms. The number of amides is 2. The Morgan fingerprint density at radius 2 is 1.76 bits per heavy atom. The van der Waals surface area contributed by atoms with Gasteiger partial charge >= 0.3 is 0 Å². The molecule has 0 atom stereocenters. The minimum atomic E-state index is -0.208. The molecule has 0 spiro atoms. The van der Waals surface area contributed by atoms with Crippen LogP contribution in [0, 0.1) is 0 Å². The summed E-state index contributed by atoms with van der Waals surface area (Å²) in [5.41, 5.74) is 0.777. The van der Waals surface area contributed by atoms with Gasteiger partial charge in [-0.2, -0.15) is 0 Å². The van der Waals surface area contributed by atoms with E-state index in [2.05, 4.69) is 15.3 Å². The van der Waals surface area contributed by atoms with Gasteiger partial charge in [-0.05, 0) is 12.1 Å². The Morgan fingerprint density at radius 1 is 1.08 bits per heavy atom. The van der Waals surface area contributed by atoms with Crippen molar-refractivity contribution in [3.05, 3.63) is 46.3 Å². The molecule has 1 aliphatic heterocycles. The first-order chi connectivity index (χ1) is 12.1. The molecule has 2 amide bonds. The smallest absolute Gasteiger partial charge is 0.274 e. The number of piperazine rings is 1. The number of aromatic nitrogens is 2. The summed E-state index contributed by atoms with van der Waals surface area (Å²) < 4.78 is 0. The first-order valence-electron chi connectivity index (χ1n) is 7.60. The van der Waals surface area contributed by atoms with E-state index in [0.29, 0.717) is 47.7 Å². The van der Waals surface area contributed by atoms with Crippen molar-refractivity contribution in [2.45, 2.75) is 0 Å². The SMILES string of the molecule is O=CN1CCN(C(=O)c2cnc(Nc3c(Cl)cccc3Cl)cn2)CC1. The highest BCUT2D eigenvalue weighted by Gasteiger charge is 2.22. The monoisotopic (exact) mass is 379 g/mol. The highest BCUT2D eigenvalue weighted by molar-refractivity contribution is 6.39. The number of halogens is 2. The van der Waals surface area contributed by atoms with Crippen LogP contribution < -0.4 is 5.32 Å². The van der Waals surface area contributed by atoms with Crippen molar-refractivity contribution in [1.82, 2.24) is 19.8 Å². The second kappa shape index (κ2) is 7.67. The third-order valence-corrected chi connectivity index (χ3v) is 4.47. The van der Waals surface area contributed by atoms with Crippen LogP contribution >= 0.6 is 23.2 Å². The number of rotatable bonds is 4. The van der Waals surface area contributed by atoms with Gasteiger partial charge in [0.2, 0.25) is 6.41 Å². The summed E-state index contributed by atoms with van der Waals surface area (Å²) in [6, 6.07) is 5.16. The van der Waals surface area contributed by atoms with Crippen molar-refractivity contribution in [3.63, 3.8) is 0 Å². The zero-order chi connectivity index (χ0) is 17.8. The molecule has 0 unspecified atom stereocenters. The van der Waals surface area contributed by atoms with Gasteiger partial charge < -0.3 is 15.1 Å². The van der Waals surface area contributed by atoms with Crippen LogP contribution in [0.1, 0.15) is 10.5 Å². The Labute approximate surface area is 154 Å². The average molecular weight is 380 g/mol. The zero-order valence-electron chi connectivity index (χ0n) is 13.2. The lowest BCUT2D eigenvalue weighted by Gasteiger charge is -2.32. The van der Waals surface area contributed by atoms with Crippen molar-refractivity contribution in [1.29, 1.82) is 0 Å². The Balaban J connectivity index is 1.68. The summed E-state index contributed by atoms with van der Waals surface area (Å²) in [5, 5.41) is 3.91. The van der Waals surface area contributed by atoms with Crippen LogP contribution in [0.15, 0.2) is 30.6 Å². The maximum absolute atomic E-state index is 12.4. The second-order valence-electron chi connectivity index (χ2n) is 5.44. The van der Waals surface area contributed by atoms with E-state index in [0.717, 1.165) is 6.41 Å². The van der Waals surface area contributed by atoms with Crippen LogP contribution in [0.2, 0.25) is 10.0 Å². The molecular weight excluding hydrogens is 365 g/mol. The minimum absolute atomic E-state index is 0.208. The third kappa shape index (κ3) is 4.00. The van der Waals surface area contributed by atoms with Gasteiger partial charge in [0.15, 0.2) is 0 Å². The van der Waals surface area contributed by atoms with Crippen molar-refractivity contribution in [2.75, 3.05) is 31.5 Å². The third-order valence-electron chi connectivity index (χ3n) is 3.84. The highest BCUT2D eigenvalue weighted by atomic mass is 35.5. The van der Waals surface area contributed by atoms with Gasteiger partial charge in [0.05, 0.1) is 28.1 Å². The number of nitrogens with one attached hydrogen (secondary N) is 1. The summed E-state index contributed by atoms with van der Waals surface area (Å²) in [6.45, 7) is 2.00. The van der Waals surface area contributed by atoms with E-state index in [4.69, 9.17) is 23.2 Å². The van der Waals surface area contributed by atoms with Gasteiger partial charge in [0, 0.05) is 26.2 Å². The van der Waals surface area contributed by atoms with Crippen molar-refractivity contribution in [3.8, 4) is 0 Å². The van der Waals surface area contributed by atoms with Crippen molar-refractivity contribution < 1.29 is 9.59 Å². The number of carbonyl (C=O) groups excluding carboxylic acids is 2. The summed E-state index contributed by atoms with van der Waals surface area (Å²) in [7, 11) is 0. The molecule has 1 N–H and O–H groups in total. The molecule has 2 heterocycles. The largest absolute Gasteiger partial charge is 0.342 e. The van der Waals surface area contributed by atoms with E-state index in [9.17, 15) is 9.59 Å².